The molecule has 0 aliphatic rings. The molecule has 0 aliphatic heterocycles. The highest BCUT2D eigenvalue weighted by Crippen LogP contribution is 2.32. The molecule has 0 saturated carbocycles. The number of ether oxygens (including phenoxy) is 4. The summed E-state index contributed by atoms with van der Waals surface area (Å²) in [5.74, 6) is 1.18. The van der Waals surface area contributed by atoms with Crippen LogP contribution in [0.4, 0.5) is 5.69 Å². The fourth-order valence-corrected chi connectivity index (χ4v) is 5.02. The molecule has 9 nitrogen and oxygen atoms in total. The molecular weight excluding hydrogens is 520 g/mol. The maximum Gasteiger partial charge on any atom is 0.264 e. The van der Waals surface area contributed by atoms with E-state index in [2.05, 4.69) is 5.32 Å². The van der Waals surface area contributed by atoms with Crippen LogP contribution < -0.4 is 28.6 Å². The van der Waals surface area contributed by atoms with Gasteiger partial charge in [-0.3, -0.25) is 9.10 Å². The van der Waals surface area contributed by atoms with Crippen LogP contribution in [0.25, 0.3) is 0 Å². The van der Waals surface area contributed by atoms with Gasteiger partial charge in [-0.15, -0.1) is 0 Å². The van der Waals surface area contributed by atoms with Gasteiger partial charge in [-0.05, 0) is 55.5 Å². The van der Waals surface area contributed by atoms with Crippen molar-refractivity contribution in [1.29, 1.82) is 0 Å². The minimum atomic E-state index is -4.16. The van der Waals surface area contributed by atoms with Crippen molar-refractivity contribution in [2.45, 2.75) is 11.8 Å². The van der Waals surface area contributed by atoms with Gasteiger partial charge in [0.2, 0.25) is 5.91 Å². The first-order chi connectivity index (χ1) is 17.8. The van der Waals surface area contributed by atoms with E-state index in [1.165, 1.54) is 32.4 Å². The molecule has 3 aromatic carbocycles. The van der Waals surface area contributed by atoms with Crippen molar-refractivity contribution in [1.82, 2.24) is 5.32 Å². The molecule has 198 valence electrons. The Balaban J connectivity index is 1.80. The maximum atomic E-state index is 13.7. The van der Waals surface area contributed by atoms with Gasteiger partial charge in [-0.2, -0.15) is 0 Å². The molecule has 1 N–H and O–H groups in total. The van der Waals surface area contributed by atoms with Crippen molar-refractivity contribution in [3.05, 3.63) is 71.8 Å². The minimum absolute atomic E-state index is 0.0612. The number of carbonyl (C=O) groups excluding carboxylic acids is 1. The maximum absolute atomic E-state index is 13.7. The summed E-state index contributed by atoms with van der Waals surface area (Å²) in [6.45, 7) is 2.16. The first kappa shape index (κ1) is 27.9. The van der Waals surface area contributed by atoms with Gasteiger partial charge < -0.3 is 24.3 Å². The fraction of sp³-hybridized carbons (Fsp3) is 0.269. The lowest BCUT2D eigenvalue weighted by atomic mass is 10.3. The monoisotopic (exact) mass is 548 g/mol. The summed E-state index contributed by atoms with van der Waals surface area (Å²) in [6.07, 6.45) is 0. The predicted molar refractivity (Wildman–Crippen MR) is 142 cm³/mol. The summed E-state index contributed by atoms with van der Waals surface area (Å²) in [4.78, 5) is 12.7. The average Bonchev–Trinajstić information content (AvgIpc) is 2.91. The van der Waals surface area contributed by atoms with Crippen LogP contribution in [0.1, 0.15) is 6.92 Å². The van der Waals surface area contributed by atoms with Crippen LogP contribution >= 0.6 is 11.6 Å². The fourth-order valence-electron chi connectivity index (χ4n) is 3.39. The lowest BCUT2D eigenvalue weighted by Gasteiger charge is -2.24. The van der Waals surface area contributed by atoms with E-state index < -0.39 is 22.5 Å². The van der Waals surface area contributed by atoms with E-state index in [1.54, 1.807) is 48.5 Å². The zero-order chi connectivity index (χ0) is 26.8. The largest absolute Gasteiger partial charge is 0.494 e. The van der Waals surface area contributed by atoms with Gasteiger partial charge in [-0.25, -0.2) is 8.42 Å². The number of hydrogen-bond donors (Lipinski definition) is 1. The van der Waals surface area contributed by atoms with Crippen molar-refractivity contribution in [3.63, 3.8) is 0 Å². The zero-order valence-electron chi connectivity index (χ0n) is 20.8. The highest BCUT2D eigenvalue weighted by molar-refractivity contribution is 7.92. The molecule has 0 saturated heterocycles. The van der Waals surface area contributed by atoms with Gasteiger partial charge in [-0.1, -0.05) is 23.7 Å². The second-order valence-electron chi connectivity index (χ2n) is 7.58. The summed E-state index contributed by atoms with van der Waals surface area (Å²) in [5, 5.41) is 3.14. The molecule has 0 spiro atoms. The van der Waals surface area contributed by atoms with Gasteiger partial charge in [0.05, 0.1) is 43.0 Å². The number of anilines is 1. The Bertz CT molecular complexity index is 1300. The summed E-state index contributed by atoms with van der Waals surface area (Å²) in [6, 6.07) is 17.7. The molecule has 11 heteroatoms. The van der Waals surface area contributed by atoms with Crippen LogP contribution in [0.2, 0.25) is 5.02 Å². The van der Waals surface area contributed by atoms with Crippen molar-refractivity contribution in [2.75, 3.05) is 44.8 Å². The van der Waals surface area contributed by atoms with E-state index in [9.17, 15) is 13.2 Å². The van der Waals surface area contributed by atoms with Gasteiger partial charge in [0.25, 0.3) is 10.0 Å². The zero-order valence-corrected chi connectivity index (χ0v) is 22.3. The Morgan fingerprint density at radius 2 is 1.62 bits per heavy atom. The summed E-state index contributed by atoms with van der Waals surface area (Å²) in [5.41, 5.74) is 0.292. The van der Waals surface area contributed by atoms with E-state index in [0.29, 0.717) is 34.6 Å². The lowest BCUT2D eigenvalue weighted by Crippen LogP contribution is -2.41. The Morgan fingerprint density at radius 1 is 0.919 bits per heavy atom. The van der Waals surface area contributed by atoms with Crippen molar-refractivity contribution in [3.8, 4) is 23.0 Å². The number of sulfonamides is 1. The SMILES string of the molecule is CCOc1ccc(N(CC(=O)NCCOc2ccccc2Cl)S(=O)(=O)c2ccc(OC)c(OC)c2)cc1. The number of hydrogen-bond acceptors (Lipinski definition) is 7. The predicted octanol–water partition coefficient (Wildman–Crippen LogP) is 4.15. The van der Waals surface area contributed by atoms with Crippen LogP contribution in [-0.4, -0.2) is 54.8 Å². The highest BCUT2D eigenvalue weighted by Gasteiger charge is 2.28. The molecule has 3 rings (SSSR count). The Morgan fingerprint density at radius 3 is 2.27 bits per heavy atom. The van der Waals surface area contributed by atoms with Crippen LogP contribution in [0.15, 0.2) is 71.6 Å². The van der Waals surface area contributed by atoms with E-state index >= 15 is 0 Å². The molecule has 0 heterocycles. The molecule has 0 aromatic heterocycles. The third kappa shape index (κ3) is 7.21. The Labute approximate surface area is 221 Å². The lowest BCUT2D eigenvalue weighted by molar-refractivity contribution is -0.119. The average molecular weight is 549 g/mol. The number of rotatable bonds is 13. The summed E-state index contributed by atoms with van der Waals surface area (Å²) >= 11 is 6.07. The van der Waals surface area contributed by atoms with E-state index in [4.69, 9.17) is 30.5 Å². The number of para-hydroxylation sites is 1. The molecule has 0 atom stereocenters. The molecule has 3 aromatic rings. The number of carbonyl (C=O) groups is 1. The molecule has 0 bridgehead atoms. The van der Waals surface area contributed by atoms with Gasteiger partial charge in [0.1, 0.15) is 24.7 Å². The molecule has 0 radical (unpaired) electrons. The topological polar surface area (TPSA) is 103 Å². The van der Waals surface area contributed by atoms with Gasteiger partial charge in [0.15, 0.2) is 11.5 Å². The molecule has 0 aliphatic carbocycles. The van der Waals surface area contributed by atoms with Crippen LogP contribution in [0, 0.1) is 0 Å². The van der Waals surface area contributed by atoms with Crippen LogP contribution in [0.3, 0.4) is 0 Å². The van der Waals surface area contributed by atoms with E-state index in [-0.39, 0.29) is 23.8 Å². The third-order valence-corrected chi connectivity index (χ3v) is 7.27. The van der Waals surface area contributed by atoms with Crippen molar-refractivity contribution >= 4 is 33.2 Å². The third-order valence-electron chi connectivity index (χ3n) is 5.18. The van der Waals surface area contributed by atoms with Crippen molar-refractivity contribution < 1.29 is 32.2 Å². The number of nitrogens with zero attached hydrogens (tertiary/aromatic N) is 1. The second kappa shape index (κ2) is 13.1. The quantitative estimate of drug-likeness (QED) is 0.320. The second-order valence-corrected chi connectivity index (χ2v) is 9.85. The first-order valence-corrected chi connectivity index (χ1v) is 13.2. The molecule has 0 unspecified atom stereocenters. The molecular formula is C26H29ClN2O7S. The highest BCUT2D eigenvalue weighted by atomic mass is 35.5. The molecule has 1 amide bonds. The van der Waals surface area contributed by atoms with E-state index in [1.807, 2.05) is 6.92 Å². The normalized spacial score (nSPS) is 10.9. The molecule has 37 heavy (non-hydrogen) atoms. The van der Waals surface area contributed by atoms with Gasteiger partial charge in [0, 0.05) is 6.07 Å². The number of halogens is 1. The van der Waals surface area contributed by atoms with Gasteiger partial charge >= 0.3 is 0 Å². The molecule has 0 fully saturated rings. The number of benzene rings is 3. The van der Waals surface area contributed by atoms with E-state index in [0.717, 1.165) is 4.31 Å². The first-order valence-electron chi connectivity index (χ1n) is 11.4. The van der Waals surface area contributed by atoms with Crippen LogP contribution in [-0.2, 0) is 14.8 Å². The Kier molecular flexibility index (Phi) is 9.87. The van der Waals surface area contributed by atoms with Crippen LogP contribution in [0.5, 0.6) is 23.0 Å². The number of amides is 1. The summed E-state index contributed by atoms with van der Waals surface area (Å²) < 4.78 is 49.9. The number of methoxy groups -OCH3 is 2. The summed E-state index contributed by atoms with van der Waals surface area (Å²) in [7, 11) is -1.29. The minimum Gasteiger partial charge on any atom is -0.494 e. The Hall–Kier alpha value is -3.63. The number of nitrogens with one attached hydrogen (secondary N) is 1. The van der Waals surface area contributed by atoms with Crippen molar-refractivity contribution in [2.24, 2.45) is 0 Å². The smallest absolute Gasteiger partial charge is 0.264 e. The standard InChI is InChI=1S/C26H29ClN2O7S/c1-4-35-20-11-9-19(10-12-20)29(37(31,32)21-13-14-24(33-2)25(17-21)34-3)18-26(30)28-15-16-36-23-8-6-5-7-22(23)27/h5-14,17H,4,15-16,18H2,1-3H3,(H,28,30).